The molecule has 14 heavy (non-hydrogen) atoms. The first-order valence-electron chi connectivity index (χ1n) is 5.40. The fourth-order valence-corrected chi connectivity index (χ4v) is 2.92. The molecular formula is C11H23NO2. The van der Waals surface area contributed by atoms with Crippen LogP contribution < -0.4 is 0 Å². The van der Waals surface area contributed by atoms with Crippen molar-refractivity contribution in [2.45, 2.75) is 64.6 Å². The predicted molar refractivity (Wildman–Crippen MR) is 56.2 cm³/mol. The monoisotopic (exact) mass is 201 g/mol. The van der Waals surface area contributed by atoms with Crippen LogP contribution in [0.5, 0.6) is 0 Å². The first kappa shape index (κ1) is 12.0. The topological polar surface area (TPSA) is 43.7 Å². The smallest absolute Gasteiger partial charge is 0.0604 e. The summed E-state index contributed by atoms with van der Waals surface area (Å²) >= 11 is 0. The highest BCUT2D eigenvalue weighted by molar-refractivity contribution is 5.01. The van der Waals surface area contributed by atoms with Crippen LogP contribution in [0.2, 0.25) is 0 Å². The van der Waals surface area contributed by atoms with Crippen molar-refractivity contribution in [1.82, 2.24) is 5.06 Å². The maximum Gasteiger partial charge on any atom is 0.0604 e. The number of nitrogens with zero attached hydrogens (tertiary/aromatic N) is 1. The molecule has 1 rings (SSSR count). The Morgan fingerprint density at radius 3 is 2.21 bits per heavy atom. The molecule has 0 aromatic carbocycles. The number of aliphatic hydroxyl groups is 1. The zero-order chi connectivity index (χ0) is 11.1. The average Bonchev–Trinajstić information content (AvgIpc) is 2.00. The molecule has 1 saturated heterocycles. The van der Waals surface area contributed by atoms with Crippen LogP contribution in [0.3, 0.4) is 0 Å². The molecule has 2 atom stereocenters. The second kappa shape index (κ2) is 3.47. The molecule has 2 unspecified atom stereocenters. The van der Waals surface area contributed by atoms with E-state index in [4.69, 9.17) is 0 Å². The Balaban J connectivity index is 2.98. The number of piperidine rings is 1. The first-order valence-corrected chi connectivity index (χ1v) is 5.40. The van der Waals surface area contributed by atoms with E-state index in [0.29, 0.717) is 6.42 Å². The van der Waals surface area contributed by atoms with Crippen LogP contribution in [0.25, 0.3) is 0 Å². The van der Waals surface area contributed by atoms with E-state index >= 15 is 0 Å². The van der Waals surface area contributed by atoms with Gasteiger partial charge in [0.05, 0.1) is 6.10 Å². The molecule has 0 aromatic rings. The van der Waals surface area contributed by atoms with Crippen LogP contribution in [0.4, 0.5) is 0 Å². The van der Waals surface area contributed by atoms with Gasteiger partial charge in [-0.1, -0.05) is 6.92 Å². The summed E-state index contributed by atoms with van der Waals surface area (Å²) in [6, 6.07) is 0. The zero-order valence-electron chi connectivity index (χ0n) is 9.91. The summed E-state index contributed by atoms with van der Waals surface area (Å²) in [5.41, 5.74) is -0.690. The fourth-order valence-electron chi connectivity index (χ4n) is 2.92. The molecule has 0 radical (unpaired) electrons. The lowest BCUT2D eigenvalue weighted by molar-refractivity contribution is -0.278. The Labute approximate surface area is 86.7 Å². The minimum atomic E-state index is -0.351. The van der Waals surface area contributed by atoms with Crippen molar-refractivity contribution in [3.05, 3.63) is 0 Å². The maximum absolute atomic E-state index is 10.1. The van der Waals surface area contributed by atoms with Gasteiger partial charge < -0.3 is 10.3 Å². The molecule has 0 spiro atoms. The maximum atomic E-state index is 10.1. The molecule has 0 bridgehead atoms. The first-order chi connectivity index (χ1) is 6.23. The molecule has 1 aliphatic rings. The Bertz CT molecular complexity index is 209. The molecule has 3 heteroatoms. The van der Waals surface area contributed by atoms with Crippen molar-refractivity contribution in [2.75, 3.05) is 0 Å². The molecular weight excluding hydrogens is 178 g/mol. The van der Waals surface area contributed by atoms with Crippen LogP contribution in [0.1, 0.15) is 47.5 Å². The van der Waals surface area contributed by atoms with Gasteiger partial charge in [-0.15, -0.1) is 0 Å². The molecule has 0 aliphatic carbocycles. The van der Waals surface area contributed by atoms with Crippen molar-refractivity contribution in [3.8, 4) is 0 Å². The van der Waals surface area contributed by atoms with Gasteiger partial charge in [0.25, 0.3) is 0 Å². The largest absolute Gasteiger partial charge is 0.393 e. The quantitative estimate of drug-likeness (QED) is 0.682. The van der Waals surface area contributed by atoms with Crippen molar-refractivity contribution in [1.29, 1.82) is 0 Å². The van der Waals surface area contributed by atoms with Gasteiger partial charge in [0.2, 0.25) is 0 Å². The van der Waals surface area contributed by atoms with Gasteiger partial charge in [-0.3, -0.25) is 0 Å². The van der Waals surface area contributed by atoms with Gasteiger partial charge in [0.15, 0.2) is 0 Å². The fraction of sp³-hybridized carbons (Fsp3) is 1.00. The third-order valence-corrected chi connectivity index (χ3v) is 3.64. The molecule has 2 N–H and O–H groups in total. The molecule has 1 fully saturated rings. The third kappa shape index (κ3) is 1.69. The van der Waals surface area contributed by atoms with Gasteiger partial charge in [-0.05, 0) is 40.5 Å². The minimum absolute atomic E-state index is 0.139. The van der Waals surface area contributed by atoms with E-state index in [-0.39, 0.29) is 23.1 Å². The van der Waals surface area contributed by atoms with Crippen molar-refractivity contribution in [2.24, 2.45) is 5.92 Å². The number of aliphatic hydroxyl groups excluding tert-OH is 1. The Morgan fingerprint density at radius 1 is 1.29 bits per heavy atom. The van der Waals surface area contributed by atoms with E-state index in [1.54, 1.807) is 0 Å². The highest BCUT2D eigenvalue weighted by Crippen LogP contribution is 2.41. The van der Waals surface area contributed by atoms with Crippen LogP contribution in [-0.2, 0) is 0 Å². The van der Waals surface area contributed by atoms with Crippen molar-refractivity contribution < 1.29 is 10.3 Å². The lowest BCUT2D eigenvalue weighted by Crippen LogP contribution is -2.65. The Kier molecular flexibility index (Phi) is 2.96. The summed E-state index contributed by atoms with van der Waals surface area (Å²) in [7, 11) is 0. The summed E-state index contributed by atoms with van der Waals surface area (Å²) < 4.78 is 0. The summed E-state index contributed by atoms with van der Waals surface area (Å²) in [4.78, 5) is 0. The molecule has 3 nitrogen and oxygen atoms in total. The number of rotatable bonds is 1. The zero-order valence-corrected chi connectivity index (χ0v) is 9.91. The Morgan fingerprint density at radius 2 is 1.79 bits per heavy atom. The molecule has 1 heterocycles. The highest BCUT2D eigenvalue weighted by atomic mass is 16.5. The summed E-state index contributed by atoms with van der Waals surface area (Å²) in [6.07, 6.45) is 1.21. The average molecular weight is 201 g/mol. The highest BCUT2D eigenvalue weighted by Gasteiger charge is 2.50. The SMILES string of the molecule is CCC1C(O)CC(C)(C)N(O)C1(C)C. The van der Waals surface area contributed by atoms with Gasteiger partial charge in [-0.2, -0.15) is 5.06 Å². The summed E-state index contributed by atoms with van der Waals surface area (Å²) in [5.74, 6) is 0.139. The van der Waals surface area contributed by atoms with E-state index in [1.807, 2.05) is 27.7 Å². The minimum Gasteiger partial charge on any atom is -0.393 e. The molecule has 0 aromatic heterocycles. The van der Waals surface area contributed by atoms with Gasteiger partial charge in [0, 0.05) is 17.0 Å². The van der Waals surface area contributed by atoms with E-state index in [9.17, 15) is 10.3 Å². The summed E-state index contributed by atoms with van der Waals surface area (Å²) in [6.45, 7) is 9.96. The van der Waals surface area contributed by atoms with E-state index in [0.717, 1.165) is 6.42 Å². The molecule has 1 aliphatic heterocycles. The predicted octanol–water partition coefficient (Wildman–Crippen LogP) is 2.03. The van der Waals surface area contributed by atoms with E-state index in [2.05, 4.69) is 6.92 Å². The van der Waals surface area contributed by atoms with Gasteiger partial charge >= 0.3 is 0 Å². The lowest BCUT2D eigenvalue weighted by atomic mass is 9.71. The van der Waals surface area contributed by atoms with Crippen LogP contribution in [-0.4, -0.2) is 32.6 Å². The van der Waals surface area contributed by atoms with Crippen LogP contribution >= 0.6 is 0 Å². The molecule has 0 saturated carbocycles. The normalized spacial score (nSPS) is 37.1. The molecule has 84 valence electrons. The van der Waals surface area contributed by atoms with Gasteiger partial charge in [-0.25, -0.2) is 0 Å². The van der Waals surface area contributed by atoms with E-state index < -0.39 is 0 Å². The third-order valence-electron chi connectivity index (χ3n) is 3.64. The van der Waals surface area contributed by atoms with Gasteiger partial charge in [0.1, 0.15) is 0 Å². The Hall–Kier alpha value is -0.120. The lowest BCUT2D eigenvalue weighted by Gasteiger charge is -2.54. The molecule has 0 amide bonds. The second-order valence-electron chi connectivity index (χ2n) is 5.56. The standard InChI is InChI=1S/C11H23NO2/c1-6-8-9(13)7-10(2,3)12(14)11(8,4)5/h8-9,13-14H,6-7H2,1-5H3. The van der Waals surface area contributed by atoms with E-state index in [1.165, 1.54) is 5.06 Å². The number of hydrogen-bond donors (Lipinski definition) is 2. The number of hydrogen-bond acceptors (Lipinski definition) is 3. The van der Waals surface area contributed by atoms with Crippen molar-refractivity contribution >= 4 is 0 Å². The van der Waals surface area contributed by atoms with Crippen LogP contribution in [0.15, 0.2) is 0 Å². The second-order valence-corrected chi connectivity index (χ2v) is 5.56. The van der Waals surface area contributed by atoms with Crippen LogP contribution in [0, 0.1) is 5.92 Å². The summed E-state index contributed by atoms with van der Waals surface area (Å²) in [5, 5.41) is 21.5. The van der Waals surface area contributed by atoms with Crippen molar-refractivity contribution in [3.63, 3.8) is 0 Å². The number of hydroxylamine groups is 2.